The first-order chi connectivity index (χ1) is 8.02. The summed E-state index contributed by atoms with van der Waals surface area (Å²) in [5, 5.41) is 0. The maximum atomic E-state index is 11.3. The van der Waals surface area contributed by atoms with Crippen LogP contribution in [0.1, 0.15) is 31.4 Å². The van der Waals surface area contributed by atoms with E-state index < -0.39 is 0 Å². The second-order valence-electron chi connectivity index (χ2n) is 4.95. The van der Waals surface area contributed by atoms with Crippen LogP contribution in [0.25, 0.3) is 0 Å². The van der Waals surface area contributed by atoms with E-state index >= 15 is 0 Å². The van der Waals surface area contributed by atoms with Gasteiger partial charge in [-0.3, -0.25) is 4.79 Å². The van der Waals surface area contributed by atoms with Gasteiger partial charge in [-0.05, 0) is 31.2 Å². The van der Waals surface area contributed by atoms with Crippen LogP contribution in [0.2, 0.25) is 0 Å². The number of hydrogen-bond donors (Lipinski definition) is 0. The lowest BCUT2D eigenvalue weighted by atomic mass is 9.91. The van der Waals surface area contributed by atoms with Gasteiger partial charge in [0.25, 0.3) is 0 Å². The predicted molar refractivity (Wildman–Crippen MR) is 69.8 cm³/mol. The Morgan fingerprint density at radius 2 is 1.82 bits per heavy atom. The largest absolute Gasteiger partial charge is 0.469 e. The van der Waals surface area contributed by atoms with Crippen molar-refractivity contribution in [3.63, 3.8) is 0 Å². The van der Waals surface area contributed by atoms with Crippen molar-refractivity contribution in [1.82, 2.24) is 0 Å². The molecule has 0 aromatic heterocycles. The highest BCUT2D eigenvalue weighted by Crippen LogP contribution is 2.18. The van der Waals surface area contributed by atoms with Crippen LogP contribution in [0.5, 0.6) is 0 Å². The lowest BCUT2D eigenvalue weighted by Gasteiger charge is -2.15. The molecule has 0 amide bonds. The summed E-state index contributed by atoms with van der Waals surface area (Å²) in [5.41, 5.74) is 2.62. The zero-order valence-corrected chi connectivity index (χ0v) is 11.2. The standard InChI is InChI=1S/C15H22O2/c1-11-5-7-14(8-6-11)10-12(2)9-13(3)15(16)17-4/h5-8,12-13H,9-10H2,1-4H3/t12-,13?/m1/s1. The molecule has 0 fully saturated rings. The topological polar surface area (TPSA) is 26.3 Å². The second kappa shape index (κ2) is 6.43. The van der Waals surface area contributed by atoms with Gasteiger partial charge in [-0.2, -0.15) is 0 Å². The van der Waals surface area contributed by atoms with Crippen molar-refractivity contribution in [3.8, 4) is 0 Å². The molecule has 0 aliphatic heterocycles. The van der Waals surface area contributed by atoms with Gasteiger partial charge in [0.15, 0.2) is 0 Å². The molecule has 2 nitrogen and oxygen atoms in total. The molecule has 1 aromatic carbocycles. The molecule has 0 bridgehead atoms. The highest BCUT2D eigenvalue weighted by Gasteiger charge is 2.16. The molecule has 2 atom stereocenters. The summed E-state index contributed by atoms with van der Waals surface area (Å²) in [5.74, 6) is 0.369. The molecule has 0 saturated carbocycles. The molecule has 0 aliphatic carbocycles. The number of ether oxygens (including phenoxy) is 1. The van der Waals surface area contributed by atoms with Gasteiger partial charge in [0, 0.05) is 0 Å². The number of esters is 1. The molecule has 0 saturated heterocycles. The lowest BCUT2D eigenvalue weighted by Crippen LogP contribution is -2.16. The van der Waals surface area contributed by atoms with Gasteiger partial charge in [0.2, 0.25) is 0 Å². The number of methoxy groups -OCH3 is 1. The minimum Gasteiger partial charge on any atom is -0.469 e. The molecule has 17 heavy (non-hydrogen) atoms. The fourth-order valence-corrected chi connectivity index (χ4v) is 2.11. The van der Waals surface area contributed by atoms with E-state index in [0.717, 1.165) is 12.8 Å². The third kappa shape index (κ3) is 4.59. The molecule has 0 N–H and O–H groups in total. The van der Waals surface area contributed by atoms with Crippen molar-refractivity contribution in [2.24, 2.45) is 11.8 Å². The van der Waals surface area contributed by atoms with Crippen LogP contribution in [-0.2, 0) is 16.0 Å². The van der Waals surface area contributed by atoms with E-state index in [1.165, 1.54) is 18.2 Å². The van der Waals surface area contributed by atoms with Gasteiger partial charge in [-0.1, -0.05) is 43.7 Å². The van der Waals surface area contributed by atoms with Crippen LogP contribution < -0.4 is 0 Å². The second-order valence-corrected chi connectivity index (χ2v) is 4.95. The summed E-state index contributed by atoms with van der Waals surface area (Å²) in [6.07, 6.45) is 1.89. The molecule has 1 aromatic rings. The van der Waals surface area contributed by atoms with E-state index in [4.69, 9.17) is 4.74 Å². The summed E-state index contributed by atoms with van der Waals surface area (Å²) in [4.78, 5) is 11.3. The Labute approximate surface area is 104 Å². The molecule has 0 aliphatic rings. The molecule has 1 rings (SSSR count). The third-order valence-corrected chi connectivity index (χ3v) is 3.06. The Bertz CT molecular complexity index is 354. The van der Waals surface area contributed by atoms with E-state index in [-0.39, 0.29) is 11.9 Å². The Morgan fingerprint density at radius 1 is 1.24 bits per heavy atom. The molecule has 94 valence electrons. The van der Waals surface area contributed by atoms with Crippen molar-refractivity contribution >= 4 is 5.97 Å². The Morgan fingerprint density at radius 3 is 2.35 bits per heavy atom. The number of carbonyl (C=O) groups is 1. The number of benzene rings is 1. The minimum atomic E-state index is -0.110. The SMILES string of the molecule is COC(=O)C(C)C[C@@H](C)Cc1ccc(C)cc1. The van der Waals surface area contributed by atoms with E-state index in [9.17, 15) is 4.79 Å². The molecule has 0 spiro atoms. The summed E-state index contributed by atoms with van der Waals surface area (Å²) in [6.45, 7) is 6.20. The molecular weight excluding hydrogens is 212 g/mol. The van der Waals surface area contributed by atoms with Gasteiger partial charge >= 0.3 is 5.97 Å². The van der Waals surface area contributed by atoms with Crippen LogP contribution in [0.15, 0.2) is 24.3 Å². The van der Waals surface area contributed by atoms with E-state index in [1.54, 1.807) is 0 Å². The highest BCUT2D eigenvalue weighted by molar-refractivity contribution is 5.71. The fourth-order valence-electron chi connectivity index (χ4n) is 2.11. The van der Waals surface area contributed by atoms with E-state index in [1.807, 2.05) is 6.92 Å². The molecular formula is C15H22O2. The van der Waals surface area contributed by atoms with E-state index in [0.29, 0.717) is 5.92 Å². The highest BCUT2D eigenvalue weighted by atomic mass is 16.5. The molecule has 0 radical (unpaired) electrons. The first kappa shape index (κ1) is 13.8. The van der Waals surface area contributed by atoms with Crippen molar-refractivity contribution in [1.29, 1.82) is 0 Å². The predicted octanol–water partition coefficient (Wildman–Crippen LogP) is 3.37. The monoisotopic (exact) mass is 234 g/mol. The zero-order chi connectivity index (χ0) is 12.8. The number of hydrogen-bond acceptors (Lipinski definition) is 2. The first-order valence-corrected chi connectivity index (χ1v) is 6.16. The van der Waals surface area contributed by atoms with Crippen LogP contribution >= 0.6 is 0 Å². The summed E-state index contributed by atoms with van der Waals surface area (Å²) in [7, 11) is 1.45. The zero-order valence-electron chi connectivity index (χ0n) is 11.2. The first-order valence-electron chi connectivity index (χ1n) is 6.16. The smallest absolute Gasteiger partial charge is 0.308 e. The normalized spacial score (nSPS) is 14.1. The lowest BCUT2D eigenvalue weighted by molar-refractivity contribution is -0.145. The molecule has 0 heterocycles. The molecule has 2 heteroatoms. The fraction of sp³-hybridized carbons (Fsp3) is 0.533. The van der Waals surface area contributed by atoms with Crippen molar-refractivity contribution in [2.75, 3.05) is 7.11 Å². The minimum absolute atomic E-state index is 0.0135. The quantitative estimate of drug-likeness (QED) is 0.730. The van der Waals surface area contributed by atoms with Crippen molar-refractivity contribution in [3.05, 3.63) is 35.4 Å². The average Bonchev–Trinajstić information content (AvgIpc) is 2.30. The van der Waals surface area contributed by atoms with Gasteiger partial charge < -0.3 is 4.74 Å². The van der Waals surface area contributed by atoms with Gasteiger partial charge in [0.1, 0.15) is 0 Å². The Kier molecular flexibility index (Phi) is 5.20. The van der Waals surface area contributed by atoms with Crippen LogP contribution in [-0.4, -0.2) is 13.1 Å². The summed E-state index contributed by atoms with van der Waals surface area (Å²) >= 11 is 0. The van der Waals surface area contributed by atoms with E-state index in [2.05, 4.69) is 38.1 Å². The number of carbonyl (C=O) groups excluding carboxylic acids is 1. The van der Waals surface area contributed by atoms with Crippen LogP contribution in [0.3, 0.4) is 0 Å². The van der Waals surface area contributed by atoms with Crippen molar-refractivity contribution in [2.45, 2.75) is 33.6 Å². The van der Waals surface area contributed by atoms with Gasteiger partial charge in [-0.25, -0.2) is 0 Å². The Balaban J connectivity index is 2.46. The van der Waals surface area contributed by atoms with Gasteiger partial charge in [-0.15, -0.1) is 0 Å². The van der Waals surface area contributed by atoms with Crippen LogP contribution in [0.4, 0.5) is 0 Å². The third-order valence-electron chi connectivity index (χ3n) is 3.06. The molecule has 1 unspecified atom stereocenters. The number of aryl methyl sites for hydroxylation is 1. The maximum Gasteiger partial charge on any atom is 0.308 e. The van der Waals surface area contributed by atoms with Crippen molar-refractivity contribution < 1.29 is 9.53 Å². The maximum absolute atomic E-state index is 11.3. The van der Waals surface area contributed by atoms with Crippen LogP contribution in [0, 0.1) is 18.8 Å². The number of rotatable bonds is 5. The summed E-state index contributed by atoms with van der Waals surface area (Å²) in [6, 6.07) is 8.58. The summed E-state index contributed by atoms with van der Waals surface area (Å²) < 4.78 is 4.74. The Hall–Kier alpha value is -1.31. The van der Waals surface area contributed by atoms with Gasteiger partial charge in [0.05, 0.1) is 13.0 Å². The average molecular weight is 234 g/mol.